The number of amides is 1. The van der Waals surface area contributed by atoms with Crippen molar-refractivity contribution < 1.29 is 4.79 Å². The lowest BCUT2D eigenvalue weighted by Gasteiger charge is -2.23. The number of hydrogen-bond donors (Lipinski definition) is 1. The largest absolute Gasteiger partial charge is 0.343 e. The Balaban J connectivity index is 2.32. The fourth-order valence-electron chi connectivity index (χ4n) is 2.15. The summed E-state index contributed by atoms with van der Waals surface area (Å²) in [6, 6.07) is 0. The van der Waals surface area contributed by atoms with Crippen LogP contribution < -0.4 is 5.73 Å². The molecule has 1 aliphatic heterocycles. The highest BCUT2D eigenvalue weighted by Crippen LogP contribution is 2.30. The van der Waals surface area contributed by atoms with E-state index in [0.29, 0.717) is 11.3 Å². The molecule has 1 saturated heterocycles. The Hall–Kier alpha value is -0.570. The normalized spacial score (nSPS) is 20.9. The predicted molar refractivity (Wildman–Crippen MR) is 67.1 cm³/mol. The third kappa shape index (κ3) is 4.52. The van der Waals surface area contributed by atoms with Crippen LogP contribution in [0.5, 0.6) is 0 Å². The zero-order chi connectivity index (χ0) is 12.0. The Morgan fingerprint density at radius 1 is 1.25 bits per heavy atom. The molecule has 16 heavy (non-hydrogen) atoms. The molecule has 0 saturated carbocycles. The number of carbonyl (C=O) groups is 1. The lowest BCUT2D eigenvalue weighted by atomic mass is 9.85. The monoisotopic (exact) mass is 226 g/mol. The Kier molecular flexibility index (Phi) is 5.26. The van der Waals surface area contributed by atoms with E-state index in [-0.39, 0.29) is 0 Å². The Morgan fingerprint density at radius 3 is 2.69 bits per heavy atom. The molecule has 1 fully saturated rings. The number of hydrogen-bond acceptors (Lipinski definition) is 2. The zero-order valence-corrected chi connectivity index (χ0v) is 10.8. The minimum absolute atomic E-state index is 0.335. The van der Waals surface area contributed by atoms with Crippen molar-refractivity contribution in [2.24, 2.45) is 11.1 Å². The Morgan fingerprint density at radius 2 is 2.00 bits per heavy atom. The molecule has 0 aliphatic carbocycles. The van der Waals surface area contributed by atoms with Crippen LogP contribution in [0.25, 0.3) is 0 Å². The number of carbonyl (C=O) groups excluding carboxylic acids is 1. The molecule has 0 aromatic carbocycles. The van der Waals surface area contributed by atoms with Crippen LogP contribution >= 0.6 is 0 Å². The Bertz CT molecular complexity index is 226. The minimum atomic E-state index is 0.335. The Labute approximate surface area is 99.4 Å². The van der Waals surface area contributed by atoms with Gasteiger partial charge < -0.3 is 10.6 Å². The molecule has 3 heteroatoms. The van der Waals surface area contributed by atoms with E-state index in [2.05, 4.69) is 13.8 Å². The maximum atomic E-state index is 11.9. The van der Waals surface area contributed by atoms with Crippen molar-refractivity contribution in [2.45, 2.75) is 52.4 Å². The van der Waals surface area contributed by atoms with Gasteiger partial charge >= 0.3 is 0 Å². The van der Waals surface area contributed by atoms with Crippen molar-refractivity contribution in [1.82, 2.24) is 4.90 Å². The van der Waals surface area contributed by atoms with Crippen LogP contribution in [-0.4, -0.2) is 30.4 Å². The van der Waals surface area contributed by atoms with E-state index in [1.807, 2.05) is 4.90 Å². The summed E-state index contributed by atoms with van der Waals surface area (Å²) in [5.41, 5.74) is 5.79. The van der Waals surface area contributed by atoms with Crippen molar-refractivity contribution in [3.63, 3.8) is 0 Å². The summed E-state index contributed by atoms with van der Waals surface area (Å²) in [6.45, 7) is 7.15. The number of nitrogens with two attached hydrogens (primary N) is 1. The van der Waals surface area contributed by atoms with Gasteiger partial charge in [0.25, 0.3) is 0 Å². The van der Waals surface area contributed by atoms with Gasteiger partial charge in [-0.05, 0) is 37.6 Å². The highest BCUT2D eigenvalue weighted by atomic mass is 16.2. The molecule has 0 unspecified atom stereocenters. The van der Waals surface area contributed by atoms with Gasteiger partial charge in [-0.2, -0.15) is 0 Å². The molecular weight excluding hydrogens is 200 g/mol. The van der Waals surface area contributed by atoms with E-state index in [1.54, 1.807) is 0 Å². The summed E-state index contributed by atoms with van der Waals surface area (Å²) >= 11 is 0. The highest BCUT2D eigenvalue weighted by Gasteiger charge is 2.26. The summed E-state index contributed by atoms with van der Waals surface area (Å²) in [5, 5.41) is 0. The van der Waals surface area contributed by atoms with Crippen LogP contribution in [0, 0.1) is 5.41 Å². The molecule has 2 N–H and O–H groups in total. The van der Waals surface area contributed by atoms with E-state index in [4.69, 9.17) is 5.73 Å². The van der Waals surface area contributed by atoms with Crippen LogP contribution in [0.3, 0.4) is 0 Å². The smallest absolute Gasteiger partial charge is 0.222 e. The van der Waals surface area contributed by atoms with E-state index < -0.39 is 0 Å². The van der Waals surface area contributed by atoms with Crippen LogP contribution in [0.2, 0.25) is 0 Å². The van der Waals surface area contributed by atoms with Gasteiger partial charge in [0, 0.05) is 19.5 Å². The van der Waals surface area contributed by atoms with Crippen LogP contribution in [-0.2, 0) is 4.79 Å². The summed E-state index contributed by atoms with van der Waals surface area (Å²) in [4.78, 5) is 13.9. The molecule has 94 valence electrons. The number of rotatable bonds is 5. The van der Waals surface area contributed by atoms with Crippen molar-refractivity contribution in [3.05, 3.63) is 0 Å². The molecular formula is C13H26N2O. The molecule has 3 nitrogen and oxygen atoms in total. The van der Waals surface area contributed by atoms with E-state index in [9.17, 15) is 4.79 Å². The first kappa shape index (κ1) is 13.5. The second-order valence-electron chi connectivity index (χ2n) is 5.64. The molecule has 1 heterocycles. The molecule has 1 rings (SSSR count). The lowest BCUT2D eigenvalue weighted by molar-refractivity contribution is -0.130. The molecule has 1 aliphatic rings. The van der Waals surface area contributed by atoms with Gasteiger partial charge in [0.05, 0.1) is 0 Å². The molecule has 0 radical (unpaired) electrons. The summed E-state index contributed by atoms with van der Waals surface area (Å²) in [5.74, 6) is 0.346. The fourth-order valence-corrected chi connectivity index (χ4v) is 2.15. The van der Waals surface area contributed by atoms with Crippen molar-refractivity contribution in [1.29, 1.82) is 0 Å². The molecule has 0 bridgehead atoms. The maximum absolute atomic E-state index is 11.9. The molecule has 1 amide bonds. The van der Waals surface area contributed by atoms with Gasteiger partial charge in [-0.3, -0.25) is 4.79 Å². The quantitative estimate of drug-likeness (QED) is 0.730. The third-order valence-electron chi connectivity index (χ3n) is 3.56. The average molecular weight is 226 g/mol. The second kappa shape index (κ2) is 6.24. The van der Waals surface area contributed by atoms with Gasteiger partial charge in [0.2, 0.25) is 5.91 Å². The van der Waals surface area contributed by atoms with Crippen LogP contribution in [0.4, 0.5) is 0 Å². The van der Waals surface area contributed by atoms with Gasteiger partial charge in [-0.15, -0.1) is 0 Å². The SMILES string of the molecule is CC1(C)CCC(=O)N(CCCCCN)CC1. The maximum Gasteiger partial charge on any atom is 0.222 e. The van der Waals surface area contributed by atoms with Crippen LogP contribution in [0.15, 0.2) is 0 Å². The van der Waals surface area contributed by atoms with Crippen molar-refractivity contribution in [2.75, 3.05) is 19.6 Å². The van der Waals surface area contributed by atoms with Gasteiger partial charge in [0.1, 0.15) is 0 Å². The van der Waals surface area contributed by atoms with Crippen molar-refractivity contribution in [3.8, 4) is 0 Å². The first-order chi connectivity index (χ1) is 7.55. The average Bonchev–Trinajstić information content (AvgIpc) is 2.36. The van der Waals surface area contributed by atoms with Gasteiger partial charge in [-0.25, -0.2) is 0 Å². The summed E-state index contributed by atoms with van der Waals surface area (Å²) in [7, 11) is 0. The highest BCUT2D eigenvalue weighted by molar-refractivity contribution is 5.76. The minimum Gasteiger partial charge on any atom is -0.343 e. The van der Waals surface area contributed by atoms with E-state index in [0.717, 1.165) is 58.2 Å². The number of likely N-dealkylation sites (tertiary alicyclic amines) is 1. The lowest BCUT2D eigenvalue weighted by Crippen LogP contribution is -2.31. The topological polar surface area (TPSA) is 46.3 Å². The van der Waals surface area contributed by atoms with Crippen molar-refractivity contribution >= 4 is 5.91 Å². The predicted octanol–water partition coefficient (Wildman–Crippen LogP) is 2.15. The first-order valence-electron chi connectivity index (χ1n) is 6.53. The standard InChI is InChI=1S/C13H26N2O/c1-13(2)7-6-12(16)15(11-8-13)10-5-3-4-9-14/h3-11,14H2,1-2H3. The van der Waals surface area contributed by atoms with E-state index in [1.165, 1.54) is 0 Å². The second-order valence-corrected chi connectivity index (χ2v) is 5.64. The molecule has 0 aromatic heterocycles. The fraction of sp³-hybridized carbons (Fsp3) is 0.923. The van der Waals surface area contributed by atoms with Gasteiger partial charge in [0.15, 0.2) is 0 Å². The number of nitrogens with zero attached hydrogens (tertiary/aromatic N) is 1. The third-order valence-corrected chi connectivity index (χ3v) is 3.56. The molecule has 0 aromatic rings. The summed E-state index contributed by atoms with van der Waals surface area (Å²) < 4.78 is 0. The van der Waals surface area contributed by atoms with Gasteiger partial charge in [-0.1, -0.05) is 20.3 Å². The first-order valence-corrected chi connectivity index (χ1v) is 6.53. The molecule has 0 atom stereocenters. The molecule has 0 spiro atoms. The van der Waals surface area contributed by atoms with Crippen LogP contribution in [0.1, 0.15) is 52.4 Å². The zero-order valence-electron chi connectivity index (χ0n) is 10.8. The number of unbranched alkanes of at least 4 members (excludes halogenated alkanes) is 2. The van der Waals surface area contributed by atoms with E-state index >= 15 is 0 Å². The summed E-state index contributed by atoms with van der Waals surface area (Å²) in [6.07, 6.45) is 6.21.